The fourth-order valence-electron chi connectivity index (χ4n) is 0.973. The Morgan fingerprint density at radius 2 is 1.73 bits per heavy atom. The van der Waals surface area contributed by atoms with Gasteiger partial charge in [-0.3, -0.25) is 0 Å². The second-order valence-electron chi connectivity index (χ2n) is 2.61. The first-order chi connectivity index (χ1) is 5.16. The van der Waals surface area contributed by atoms with Crippen LogP contribution in [0.4, 0.5) is 0 Å². The summed E-state index contributed by atoms with van der Waals surface area (Å²) in [4.78, 5) is 2.61. The maximum Gasteiger partial charge on any atom is 0.0802 e. The van der Waals surface area contributed by atoms with Crippen molar-refractivity contribution in [3.63, 3.8) is 0 Å². The third-order valence-corrected chi connectivity index (χ3v) is 3.15. The van der Waals surface area contributed by atoms with Crippen molar-refractivity contribution < 1.29 is 0 Å². The van der Waals surface area contributed by atoms with E-state index in [0.717, 1.165) is 0 Å². The summed E-state index contributed by atoms with van der Waals surface area (Å²) in [6.07, 6.45) is 0. The molecule has 1 aromatic heterocycles. The lowest BCUT2D eigenvalue weighted by molar-refractivity contribution is 1.34. The highest BCUT2D eigenvalue weighted by Gasteiger charge is 2.04. The molecule has 1 heteroatoms. The summed E-state index contributed by atoms with van der Waals surface area (Å²) in [6.45, 7) is 8.32. The van der Waals surface area contributed by atoms with E-state index in [1.54, 1.807) is 11.3 Å². The van der Waals surface area contributed by atoms with E-state index in [4.69, 9.17) is 0 Å². The predicted molar refractivity (Wildman–Crippen MR) is 51.1 cm³/mol. The lowest BCUT2D eigenvalue weighted by Crippen LogP contribution is -1.75. The van der Waals surface area contributed by atoms with E-state index in [1.165, 1.54) is 20.9 Å². The van der Waals surface area contributed by atoms with Crippen molar-refractivity contribution in [1.82, 2.24) is 0 Å². The van der Waals surface area contributed by atoms with Gasteiger partial charge in [0.15, 0.2) is 0 Å². The van der Waals surface area contributed by atoms with Gasteiger partial charge in [-0.05, 0) is 38.8 Å². The molecule has 0 radical (unpaired) electrons. The van der Waals surface area contributed by atoms with Gasteiger partial charge in [-0.15, -0.1) is 17.3 Å². The summed E-state index contributed by atoms with van der Waals surface area (Å²) in [5.74, 6) is 6.03. The van der Waals surface area contributed by atoms with Gasteiger partial charge in [0.1, 0.15) is 0 Å². The lowest BCUT2D eigenvalue weighted by atomic mass is 10.1. The Kier molecular flexibility index (Phi) is 2.36. The highest BCUT2D eigenvalue weighted by Crippen LogP contribution is 2.25. The summed E-state index contributed by atoms with van der Waals surface area (Å²) in [6, 6.07) is 0. The predicted octanol–water partition coefficient (Wildman–Crippen LogP) is 3.04. The van der Waals surface area contributed by atoms with E-state index in [-0.39, 0.29) is 0 Å². The van der Waals surface area contributed by atoms with E-state index in [0.29, 0.717) is 0 Å². The Hall–Kier alpha value is -0.740. The van der Waals surface area contributed by atoms with Crippen LogP contribution in [0.3, 0.4) is 0 Å². The molecule has 0 bridgehead atoms. The van der Waals surface area contributed by atoms with Crippen LogP contribution in [-0.4, -0.2) is 0 Å². The standard InChI is InChI=1S/C10H12S/c1-5-6-10-8(3)7(2)9(4)11-10/h1-4H3. The van der Waals surface area contributed by atoms with Crippen LogP contribution in [-0.2, 0) is 0 Å². The summed E-state index contributed by atoms with van der Waals surface area (Å²) in [5, 5.41) is 0. The molecule has 0 spiro atoms. The summed E-state index contributed by atoms with van der Waals surface area (Å²) < 4.78 is 0. The molecule has 0 atom stereocenters. The molecule has 0 saturated heterocycles. The van der Waals surface area contributed by atoms with E-state index >= 15 is 0 Å². The number of hydrogen-bond acceptors (Lipinski definition) is 1. The van der Waals surface area contributed by atoms with Gasteiger partial charge in [0.2, 0.25) is 0 Å². The van der Waals surface area contributed by atoms with Crippen molar-refractivity contribution in [2.24, 2.45) is 0 Å². The fourth-order valence-corrected chi connectivity index (χ4v) is 2.04. The SMILES string of the molecule is CC#Cc1sc(C)c(C)c1C. The zero-order valence-corrected chi connectivity index (χ0v) is 8.22. The van der Waals surface area contributed by atoms with E-state index in [9.17, 15) is 0 Å². The first-order valence-electron chi connectivity index (χ1n) is 3.66. The molecular weight excluding hydrogens is 152 g/mol. The van der Waals surface area contributed by atoms with Gasteiger partial charge in [0.25, 0.3) is 0 Å². The van der Waals surface area contributed by atoms with Crippen LogP contribution in [0.25, 0.3) is 0 Å². The second-order valence-corrected chi connectivity index (χ2v) is 3.84. The minimum atomic E-state index is 1.22. The Labute approximate surface area is 72.3 Å². The molecule has 0 saturated carbocycles. The van der Waals surface area contributed by atoms with E-state index < -0.39 is 0 Å². The van der Waals surface area contributed by atoms with Crippen LogP contribution in [0.5, 0.6) is 0 Å². The Balaban J connectivity index is 3.26. The van der Waals surface area contributed by atoms with Gasteiger partial charge >= 0.3 is 0 Å². The molecule has 0 unspecified atom stereocenters. The molecule has 1 heterocycles. The first kappa shape index (κ1) is 8.36. The van der Waals surface area contributed by atoms with Gasteiger partial charge in [0, 0.05) is 4.88 Å². The van der Waals surface area contributed by atoms with Crippen LogP contribution in [0.15, 0.2) is 0 Å². The Morgan fingerprint density at radius 1 is 1.09 bits per heavy atom. The third-order valence-electron chi connectivity index (χ3n) is 1.92. The monoisotopic (exact) mass is 164 g/mol. The number of aryl methyl sites for hydroxylation is 1. The van der Waals surface area contributed by atoms with Gasteiger partial charge in [-0.2, -0.15) is 0 Å². The Bertz CT molecular complexity index is 321. The quantitative estimate of drug-likeness (QED) is 0.517. The molecule has 11 heavy (non-hydrogen) atoms. The maximum absolute atomic E-state index is 3.11. The van der Waals surface area contributed by atoms with Crippen molar-refractivity contribution in [1.29, 1.82) is 0 Å². The van der Waals surface area contributed by atoms with Gasteiger partial charge in [-0.25, -0.2) is 0 Å². The fraction of sp³-hybridized carbons (Fsp3) is 0.400. The molecule has 0 amide bonds. The smallest absolute Gasteiger partial charge is 0.0802 e. The minimum Gasteiger partial charge on any atom is -0.131 e. The normalized spacial score (nSPS) is 9.09. The van der Waals surface area contributed by atoms with Gasteiger partial charge in [0.05, 0.1) is 4.88 Å². The highest BCUT2D eigenvalue weighted by molar-refractivity contribution is 7.12. The minimum absolute atomic E-state index is 1.22. The summed E-state index contributed by atoms with van der Waals surface area (Å²) in [5.41, 5.74) is 2.74. The zero-order chi connectivity index (χ0) is 8.43. The molecule has 0 N–H and O–H groups in total. The van der Waals surface area contributed by atoms with Crippen molar-refractivity contribution in [3.8, 4) is 11.8 Å². The van der Waals surface area contributed by atoms with Crippen molar-refractivity contribution in [2.75, 3.05) is 0 Å². The molecule has 1 aromatic rings. The molecule has 0 aliphatic carbocycles. The lowest BCUT2D eigenvalue weighted by Gasteiger charge is -1.88. The van der Waals surface area contributed by atoms with E-state index in [2.05, 4.69) is 32.6 Å². The molecular formula is C10H12S. The van der Waals surface area contributed by atoms with Crippen molar-refractivity contribution in [2.45, 2.75) is 27.7 Å². The number of thiophene rings is 1. The average Bonchev–Trinajstić information content (AvgIpc) is 2.19. The van der Waals surface area contributed by atoms with Crippen molar-refractivity contribution >= 4 is 11.3 Å². The molecule has 58 valence electrons. The first-order valence-corrected chi connectivity index (χ1v) is 4.47. The van der Waals surface area contributed by atoms with Crippen LogP contribution in [0.2, 0.25) is 0 Å². The molecule has 1 rings (SSSR count). The van der Waals surface area contributed by atoms with Gasteiger partial charge in [-0.1, -0.05) is 5.92 Å². The van der Waals surface area contributed by atoms with Crippen LogP contribution >= 0.6 is 11.3 Å². The average molecular weight is 164 g/mol. The zero-order valence-electron chi connectivity index (χ0n) is 7.41. The van der Waals surface area contributed by atoms with Crippen molar-refractivity contribution in [3.05, 3.63) is 20.9 Å². The topological polar surface area (TPSA) is 0 Å². The van der Waals surface area contributed by atoms with Crippen LogP contribution in [0, 0.1) is 32.6 Å². The summed E-state index contributed by atoms with van der Waals surface area (Å²) in [7, 11) is 0. The summed E-state index contributed by atoms with van der Waals surface area (Å²) >= 11 is 1.79. The Morgan fingerprint density at radius 3 is 2.09 bits per heavy atom. The van der Waals surface area contributed by atoms with Crippen LogP contribution < -0.4 is 0 Å². The number of rotatable bonds is 0. The molecule has 0 aliphatic heterocycles. The molecule has 0 fully saturated rings. The highest BCUT2D eigenvalue weighted by atomic mass is 32.1. The van der Waals surface area contributed by atoms with Crippen LogP contribution in [0.1, 0.15) is 27.8 Å². The maximum atomic E-state index is 3.11. The third kappa shape index (κ3) is 1.46. The van der Waals surface area contributed by atoms with Gasteiger partial charge < -0.3 is 0 Å². The molecule has 0 aliphatic rings. The second kappa shape index (κ2) is 3.11. The number of hydrogen-bond donors (Lipinski definition) is 0. The van der Waals surface area contributed by atoms with E-state index in [1.807, 2.05) is 6.92 Å². The molecule has 0 aromatic carbocycles. The molecule has 0 nitrogen and oxygen atoms in total. The largest absolute Gasteiger partial charge is 0.131 e.